The number of pyridine rings is 2. The molecule has 139 valence electrons. The molecule has 0 saturated heterocycles. The van der Waals surface area contributed by atoms with Crippen molar-refractivity contribution in [1.82, 2.24) is 0 Å². The van der Waals surface area contributed by atoms with E-state index in [1.54, 1.807) is 28.6 Å². The van der Waals surface area contributed by atoms with Crippen molar-refractivity contribution in [2.24, 2.45) is 14.1 Å². The van der Waals surface area contributed by atoms with Crippen molar-refractivity contribution in [2.75, 3.05) is 0 Å². The maximum atomic E-state index is 9.31. The summed E-state index contributed by atoms with van der Waals surface area (Å²) >= 11 is 0. The average Bonchev–Trinajstić information content (AvgIpc) is 2.49. The fourth-order valence-electron chi connectivity index (χ4n) is 1.96. The van der Waals surface area contributed by atoms with Gasteiger partial charge in [0.25, 0.3) is 5.69 Å². The molecule has 2 aromatic rings. The summed E-state index contributed by atoms with van der Waals surface area (Å²) in [5.41, 5.74) is 1.25. The second-order valence-corrected chi connectivity index (χ2v) is 4.71. The Hall–Kier alpha value is -2.26. The van der Waals surface area contributed by atoms with Crippen LogP contribution in [-0.4, -0.2) is 31.4 Å². The molecular weight excluding hydrogens is 367 g/mol. The Kier molecular flexibility index (Phi) is 13.4. The molecule has 0 amide bonds. The number of aromatic nitrogens is 2. The predicted octanol–water partition coefficient (Wildman–Crippen LogP) is -0.602. The van der Waals surface area contributed by atoms with Gasteiger partial charge in [-0.15, -0.1) is 0 Å². The molecule has 0 aliphatic carbocycles. The number of aromatic hydroxyl groups is 4. The van der Waals surface area contributed by atoms with Crippen LogP contribution in [0.25, 0.3) is 6.08 Å². The van der Waals surface area contributed by atoms with Gasteiger partial charge >= 0.3 is 0 Å². The first-order valence-corrected chi connectivity index (χ1v) is 6.75. The second kappa shape index (κ2) is 12.2. The van der Waals surface area contributed by atoms with Crippen molar-refractivity contribution >= 4 is 6.08 Å². The summed E-state index contributed by atoms with van der Waals surface area (Å²) in [5.74, 6) is -0.333. The maximum Gasteiger partial charge on any atom is 0.250 e. The van der Waals surface area contributed by atoms with Crippen LogP contribution in [0.15, 0.2) is 31.1 Å². The van der Waals surface area contributed by atoms with Crippen molar-refractivity contribution in [1.29, 1.82) is 0 Å². The van der Waals surface area contributed by atoms with Crippen LogP contribution in [0, 0.1) is 0 Å². The normalized spacial score (nSPS) is 8.60. The molecule has 0 fully saturated rings. The van der Waals surface area contributed by atoms with E-state index in [-0.39, 0.29) is 52.5 Å². The monoisotopic (exact) mass is 393 g/mol. The van der Waals surface area contributed by atoms with Crippen LogP contribution in [0.2, 0.25) is 0 Å². The van der Waals surface area contributed by atoms with Crippen molar-refractivity contribution in [3.05, 3.63) is 42.5 Å². The first-order chi connectivity index (χ1) is 10.3. The third-order valence-electron chi connectivity index (χ3n) is 3.25. The van der Waals surface area contributed by atoms with Crippen LogP contribution in [0.5, 0.6) is 23.0 Å². The molecule has 0 bridgehead atoms. The van der Waals surface area contributed by atoms with Crippen LogP contribution < -0.4 is 9.13 Å². The van der Waals surface area contributed by atoms with Crippen molar-refractivity contribution < 1.29 is 59.1 Å². The molecule has 0 unspecified atom stereocenters. The van der Waals surface area contributed by atoms with E-state index in [9.17, 15) is 10.2 Å². The Balaban J connectivity index is -0.000000346. The topological polar surface area (TPSA) is 152 Å². The molecule has 1 radical (unpaired) electrons. The van der Waals surface area contributed by atoms with E-state index in [2.05, 4.69) is 6.58 Å². The van der Waals surface area contributed by atoms with Crippen molar-refractivity contribution in [3.63, 3.8) is 0 Å². The van der Waals surface area contributed by atoms with E-state index < -0.39 is 0 Å². The minimum atomic E-state index is -0.134. The van der Waals surface area contributed by atoms with Crippen molar-refractivity contribution in [3.8, 4) is 23.0 Å². The molecule has 0 aliphatic rings. The van der Waals surface area contributed by atoms with Crippen LogP contribution in [-0.2, 0) is 39.1 Å². The zero-order valence-electron chi connectivity index (χ0n) is 14.4. The second-order valence-electron chi connectivity index (χ2n) is 4.71. The molecule has 9 heteroatoms. The van der Waals surface area contributed by atoms with Gasteiger partial charge in [0.05, 0.1) is 0 Å². The summed E-state index contributed by atoms with van der Waals surface area (Å²) in [6.45, 7) is 5.43. The van der Waals surface area contributed by atoms with Crippen LogP contribution in [0.4, 0.5) is 0 Å². The summed E-state index contributed by atoms with van der Waals surface area (Å²) in [6, 6.07) is 2.89. The number of nitrogens with zero attached hydrogens (tertiary/aromatic N) is 2. The fourth-order valence-corrected chi connectivity index (χ4v) is 1.96. The Morgan fingerprint density at radius 2 is 1.36 bits per heavy atom. The molecule has 2 aromatic heterocycles. The smallest absolute Gasteiger partial charge is 0.250 e. The molecule has 8 N–H and O–H groups in total. The van der Waals surface area contributed by atoms with Gasteiger partial charge in [0.2, 0.25) is 17.2 Å². The predicted molar refractivity (Wildman–Crippen MR) is 88.6 cm³/mol. The van der Waals surface area contributed by atoms with Gasteiger partial charge in [-0.2, -0.15) is 4.57 Å². The van der Waals surface area contributed by atoms with Gasteiger partial charge in [-0.05, 0) is 0 Å². The molecule has 0 spiro atoms. The minimum Gasteiger partial charge on any atom is -0.504 e. The molecule has 0 aliphatic heterocycles. The zero-order valence-corrected chi connectivity index (χ0v) is 15.8. The Labute approximate surface area is 158 Å². The first kappa shape index (κ1) is 27.6. The molecule has 8 nitrogen and oxygen atoms in total. The Bertz CT molecular complexity index is 695. The minimum absolute atomic E-state index is 0. The fraction of sp³-hybridized carbons (Fsp3) is 0.250. The molecule has 25 heavy (non-hydrogen) atoms. The van der Waals surface area contributed by atoms with Gasteiger partial charge in [-0.1, -0.05) is 13.5 Å². The first-order valence-electron chi connectivity index (χ1n) is 6.75. The Morgan fingerprint density at radius 3 is 1.72 bits per heavy atom. The third kappa shape index (κ3) is 6.63. The SMILES string of the molecule is C=Cc1c(O)c(O)cc[n+]1C.CCc1c(O)c(O)cc[n+]1C.O.O.[V]. The number of hydrogen-bond acceptors (Lipinski definition) is 4. The summed E-state index contributed by atoms with van der Waals surface area (Å²) in [6.07, 6.45) is 5.55. The van der Waals surface area contributed by atoms with Gasteiger partial charge in [0, 0.05) is 43.2 Å². The summed E-state index contributed by atoms with van der Waals surface area (Å²) in [4.78, 5) is 0. The van der Waals surface area contributed by atoms with E-state index in [1.807, 2.05) is 14.0 Å². The van der Waals surface area contributed by atoms with Gasteiger partial charge in [0.1, 0.15) is 14.1 Å². The van der Waals surface area contributed by atoms with E-state index in [1.165, 1.54) is 18.2 Å². The van der Waals surface area contributed by atoms with Gasteiger partial charge in [-0.3, -0.25) is 0 Å². The zero-order chi connectivity index (χ0) is 16.9. The van der Waals surface area contributed by atoms with Crippen LogP contribution in [0.3, 0.4) is 0 Å². The summed E-state index contributed by atoms with van der Waals surface area (Å²) in [7, 11) is 3.59. The molecule has 0 aromatic carbocycles. The number of hydrogen-bond donors (Lipinski definition) is 4. The van der Waals surface area contributed by atoms with Gasteiger partial charge < -0.3 is 31.4 Å². The van der Waals surface area contributed by atoms with E-state index in [0.29, 0.717) is 12.1 Å². The number of rotatable bonds is 2. The van der Waals surface area contributed by atoms with E-state index >= 15 is 0 Å². The van der Waals surface area contributed by atoms with Crippen LogP contribution in [0.1, 0.15) is 18.3 Å². The summed E-state index contributed by atoms with van der Waals surface area (Å²) in [5, 5.41) is 36.7. The Morgan fingerprint density at radius 1 is 0.920 bits per heavy atom. The standard InChI is InChI=1S/C8H11NO2.C8H9NO2.2H2O.V/c2*1-3-6-8(11)7(10)4-5-9(6)2;;;/h4-5,11H,3H2,1-2H3;3-5,11H,1H2,2H3;2*1H2;/p+2. The summed E-state index contributed by atoms with van der Waals surface area (Å²) < 4.78 is 3.46. The molecular formula is C16H26N2O6V+2. The maximum absolute atomic E-state index is 9.31. The molecule has 0 atom stereocenters. The van der Waals surface area contributed by atoms with Gasteiger partial charge in [0.15, 0.2) is 23.9 Å². The average molecular weight is 393 g/mol. The molecule has 2 heterocycles. The van der Waals surface area contributed by atoms with Crippen LogP contribution >= 0.6 is 0 Å². The van der Waals surface area contributed by atoms with Gasteiger partial charge in [-0.25, -0.2) is 4.57 Å². The largest absolute Gasteiger partial charge is 0.504 e. The van der Waals surface area contributed by atoms with E-state index in [0.717, 1.165) is 5.69 Å². The molecule has 0 saturated carbocycles. The number of aryl methyl sites for hydroxylation is 2. The third-order valence-corrected chi connectivity index (χ3v) is 3.25. The van der Waals surface area contributed by atoms with E-state index in [4.69, 9.17) is 10.2 Å². The quantitative estimate of drug-likeness (QED) is 0.503. The molecule has 2 rings (SSSR count). The van der Waals surface area contributed by atoms with Crippen molar-refractivity contribution in [2.45, 2.75) is 13.3 Å².